The van der Waals surface area contributed by atoms with Crippen molar-refractivity contribution in [1.29, 1.82) is 0 Å². The Morgan fingerprint density at radius 3 is 3.20 bits per heavy atom. The van der Waals surface area contributed by atoms with Crippen LogP contribution in [0.2, 0.25) is 0 Å². The van der Waals surface area contributed by atoms with Crippen molar-refractivity contribution in [2.75, 3.05) is 24.7 Å². The van der Waals surface area contributed by atoms with Gasteiger partial charge in [-0.05, 0) is 25.0 Å². The third kappa shape index (κ3) is 2.69. The molecule has 0 radical (unpaired) electrons. The van der Waals surface area contributed by atoms with Crippen LogP contribution < -0.4 is 5.32 Å². The number of rotatable bonds is 3. The molecule has 0 saturated carbocycles. The number of ether oxygens (including phenoxy) is 1. The first-order chi connectivity index (χ1) is 7.37. The van der Waals surface area contributed by atoms with E-state index in [4.69, 9.17) is 4.74 Å². The molecule has 1 spiro atoms. The summed E-state index contributed by atoms with van der Waals surface area (Å²) in [5.41, 5.74) is 0.177. The molecule has 0 aromatic carbocycles. The molecule has 2 atom stereocenters. The molecule has 0 bridgehead atoms. The van der Waals surface area contributed by atoms with Crippen LogP contribution in [0, 0.1) is 0 Å². The van der Waals surface area contributed by atoms with E-state index in [0.29, 0.717) is 6.04 Å². The third-order valence-electron chi connectivity index (χ3n) is 3.60. The summed E-state index contributed by atoms with van der Waals surface area (Å²) in [6, 6.07) is 0.610. The van der Waals surface area contributed by atoms with E-state index in [1.54, 1.807) is 0 Å². The summed E-state index contributed by atoms with van der Waals surface area (Å²) >= 11 is 2.07. The van der Waals surface area contributed by atoms with Gasteiger partial charge in [0.05, 0.1) is 12.2 Å². The van der Waals surface area contributed by atoms with E-state index >= 15 is 0 Å². The molecule has 2 unspecified atom stereocenters. The van der Waals surface area contributed by atoms with Crippen LogP contribution in [0.1, 0.15) is 39.0 Å². The molecule has 2 aliphatic heterocycles. The topological polar surface area (TPSA) is 21.3 Å². The van der Waals surface area contributed by atoms with E-state index in [9.17, 15) is 0 Å². The van der Waals surface area contributed by atoms with Crippen LogP contribution in [0.25, 0.3) is 0 Å². The maximum absolute atomic E-state index is 6.13. The van der Waals surface area contributed by atoms with Gasteiger partial charge >= 0.3 is 0 Å². The second-order valence-electron chi connectivity index (χ2n) is 4.72. The van der Waals surface area contributed by atoms with Gasteiger partial charge in [-0.25, -0.2) is 0 Å². The van der Waals surface area contributed by atoms with Crippen LogP contribution in [-0.2, 0) is 4.74 Å². The summed E-state index contributed by atoms with van der Waals surface area (Å²) in [7, 11) is 0. The lowest BCUT2D eigenvalue weighted by atomic mass is 9.86. The molecule has 0 aromatic rings. The fraction of sp³-hybridized carbons (Fsp3) is 1.00. The van der Waals surface area contributed by atoms with Crippen molar-refractivity contribution in [3.63, 3.8) is 0 Å². The van der Waals surface area contributed by atoms with Crippen molar-refractivity contribution in [2.45, 2.75) is 50.7 Å². The van der Waals surface area contributed by atoms with Gasteiger partial charge in [-0.15, -0.1) is 0 Å². The quantitative estimate of drug-likeness (QED) is 0.803. The Morgan fingerprint density at radius 2 is 2.47 bits per heavy atom. The van der Waals surface area contributed by atoms with Gasteiger partial charge in [-0.1, -0.05) is 19.8 Å². The highest BCUT2D eigenvalue weighted by Crippen LogP contribution is 2.36. The fourth-order valence-electron chi connectivity index (χ4n) is 2.73. The molecule has 0 aromatic heterocycles. The minimum absolute atomic E-state index is 0.177. The fourth-order valence-corrected chi connectivity index (χ4v) is 3.99. The molecule has 1 N–H and O–H groups in total. The molecule has 2 rings (SSSR count). The van der Waals surface area contributed by atoms with Crippen LogP contribution in [0.5, 0.6) is 0 Å². The SMILES string of the molecule is CCCCC1NCCOC12CCCSC2. The lowest BCUT2D eigenvalue weighted by Crippen LogP contribution is -2.60. The summed E-state index contributed by atoms with van der Waals surface area (Å²) in [5, 5.41) is 3.68. The van der Waals surface area contributed by atoms with E-state index in [1.165, 1.54) is 43.6 Å². The normalized spacial score (nSPS) is 37.0. The average molecular weight is 229 g/mol. The molecule has 2 heterocycles. The Balaban J connectivity index is 1.97. The monoisotopic (exact) mass is 229 g/mol. The molecule has 2 fully saturated rings. The predicted molar refractivity (Wildman–Crippen MR) is 66.6 cm³/mol. The van der Waals surface area contributed by atoms with Crippen LogP contribution in [-0.4, -0.2) is 36.3 Å². The van der Waals surface area contributed by atoms with Gasteiger partial charge < -0.3 is 10.1 Å². The van der Waals surface area contributed by atoms with Gasteiger partial charge in [0.1, 0.15) is 0 Å². The first kappa shape index (κ1) is 11.7. The maximum Gasteiger partial charge on any atom is 0.0925 e. The summed E-state index contributed by atoms with van der Waals surface area (Å²) in [5.74, 6) is 2.53. The highest BCUT2D eigenvalue weighted by molar-refractivity contribution is 7.99. The molecular weight excluding hydrogens is 206 g/mol. The first-order valence-corrected chi connectivity index (χ1v) is 7.48. The van der Waals surface area contributed by atoms with Crippen LogP contribution in [0.15, 0.2) is 0 Å². The summed E-state index contributed by atoms with van der Waals surface area (Å²) in [6.07, 6.45) is 6.50. The van der Waals surface area contributed by atoms with Crippen molar-refractivity contribution in [3.8, 4) is 0 Å². The molecular formula is C12H23NOS. The summed E-state index contributed by atoms with van der Waals surface area (Å²) in [6.45, 7) is 4.22. The minimum atomic E-state index is 0.177. The van der Waals surface area contributed by atoms with E-state index in [2.05, 4.69) is 24.0 Å². The second-order valence-corrected chi connectivity index (χ2v) is 5.82. The van der Waals surface area contributed by atoms with Crippen LogP contribution in [0.3, 0.4) is 0 Å². The highest BCUT2D eigenvalue weighted by Gasteiger charge is 2.42. The van der Waals surface area contributed by atoms with Crippen molar-refractivity contribution < 1.29 is 4.74 Å². The second kappa shape index (κ2) is 5.55. The van der Waals surface area contributed by atoms with Crippen molar-refractivity contribution in [3.05, 3.63) is 0 Å². The first-order valence-electron chi connectivity index (χ1n) is 6.32. The number of hydrogen-bond acceptors (Lipinski definition) is 3. The van der Waals surface area contributed by atoms with Crippen molar-refractivity contribution in [2.24, 2.45) is 0 Å². The van der Waals surface area contributed by atoms with Crippen molar-refractivity contribution >= 4 is 11.8 Å². The van der Waals surface area contributed by atoms with Gasteiger partial charge in [-0.3, -0.25) is 0 Å². The van der Waals surface area contributed by atoms with Gasteiger partial charge in [0.15, 0.2) is 0 Å². The molecule has 88 valence electrons. The lowest BCUT2D eigenvalue weighted by Gasteiger charge is -2.46. The predicted octanol–water partition coefficient (Wildman–Crippen LogP) is 2.43. The standard InChI is InChI=1S/C12H23NOS/c1-2-3-5-11-12(14-8-7-13-11)6-4-9-15-10-12/h11,13H,2-10H2,1H3. The number of morpholine rings is 1. The Hall–Kier alpha value is 0.270. The average Bonchev–Trinajstić information content (AvgIpc) is 2.29. The zero-order chi connectivity index (χ0) is 10.6. The Morgan fingerprint density at radius 1 is 1.53 bits per heavy atom. The summed E-state index contributed by atoms with van der Waals surface area (Å²) in [4.78, 5) is 0. The third-order valence-corrected chi connectivity index (χ3v) is 4.87. The number of unbranched alkanes of at least 4 members (excludes halogenated alkanes) is 1. The number of nitrogens with one attached hydrogen (secondary N) is 1. The van der Waals surface area contributed by atoms with Crippen LogP contribution >= 0.6 is 11.8 Å². The molecule has 2 nitrogen and oxygen atoms in total. The Labute approximate surface area is 97.5 Å². The van der Waals surface area contributed by atoms with Gasteiger partial charge in [0, 0.05) is 18.3 Å². The molecule has 2 aliphatic rings. The summed E-state index contributed by atoms with van der Waals surface area (Å²) < 4.78 is 6.13. The van der Waals surface area contributed by atoms with E-state index in [-0.39, 0.29) is 5.60 Å². The molecule has 0 aliphatic carbocycles. The van der Waals surface area contributed by atoms with Gasteiger partial charge in [0.25, 0.3) is 0 Å². The Kier molecular flexibility index (Phi) is 4.35. The zero-order valence-electron chi connectivity index (χ0n) is 9.76. The highest BCUT2D eigenvalue weighted by atomic mass is 32.2. The number of thioether (sulfide) groups is 1. The molecule has 2 saturated heterocycles. The Bertz CT molecular complexity index is 184. The van der Waals surface area contributed by atoms with Gasteiger partial charge in [-0.2, -0.15) is 11.8 Å². The van der Waals surface area contributed by atoms with Gasteiger partial charge in [0.2, 0.25) is 0 Å². The molecule has 0 amide bonds. The van der Waals surface area contributed by atoms with E-state index in [0.717, 1.165) is 13.2 Å². The smallest absolute Gasteiger partial charge is 0.0925 e. The largest absolute Gasteiger partial charge is 0.371 e. The van der Waals surface area contributed by atoms with Crippen molar-refractivity contribution in [1.82, 2.24) is 5.32 Å². The lowest BCUT2D eigenvalue weighted by molar-refractivity contribution is -0.0894. The number of hydrogen-bond donors (Lipinski definition) is 1. The minimum Gasteiger partial charge on any atom is -0.371 e. The van der Waals surface area contributed by atoms with Crippen LogP contribution in [0.4, 0.5) is 0 Å². The molecule has 15 heavy (non-hydrogen) atoms. The zero-order valence-corrected chi connectivity index (χ0v) is 10.6. The molecule has 3 heteroatoms. The van der Waals surface area contributed by atoms with E-state index in [1.807, 2.05) is 0 Å². The maximum atomic E-state index is 6.13. The van der Waals surface area contributed by atoms with E-state index < -0.39 is 0 Å².